The fourth-order valence-electron chi connectivity index (χ4n) is 7.69. The Bertz CT molecular complexity index is 2020. The highest BCUT2D eigenvalue weighted by atomic mass is 35.5. The molecular weight excluding hydrogens is 720 g/mol. The van der Waals surface area contributed by atoms with Gasteiger partial charge in [0.1, 0.15) is 17.4 Å². The third kappa shape index (κ3) is 9.32. The van der Waals surface area contributed by atoms with Gasteiger partial charge in [0.05, 0.1) is 30.8 Å². The smallest absolute Gasteiger partial charge is 0.409 e. The van der Waals surface area contributed by atoms with Crippen molar-refractivity contribution in [2.75, 3.05) is 26.3 Å². The molecule has 11 nitrogen and oxygen atoms in total. The summed E-state index contributed by atoms with van der Waals surface area (Å²) in [5.74, 6) is 2.07. The van der Waals surface area contributed by atoms with Crippen molar-refractivity contribution in [2.24, 2.45) is 11.8 Å². The maximum absolute atomic E-state index is 12.5. The third-order valence-electron chi connectivity index (χ3n) is 11.1. The van der Waals surface area contributed by atoms with Crippen molar-refractivity contribution in [1.82, 2.24) is 19.7 Å². The van der Waals surface area contributed by atoms with Gasteiger partial charge >= 0.3 is 17.5 Å². The summed E-state index contributed by atoms with van der Waals surface area (Å²) >= 11 is 4.89. The van der Waals surface area contributed by atoms with Gasteiger partial charge in [-0.2, -0.15) is 5.10 Å². The van der Waals surface area contributed by atoms with Crippen LogP contribution in [-0.2, 0) is 28.7 Å². The maximum atomic E-state index is 12.5. The van der Waals surface area contributed by atoms with Crippen LogP contribution in [0.2, 0.25) is 0 Å². The SMILES string of the molecule is CCc1cc(O[C@H]2CCc3cccc(-c4cccc(-n5ncc(C(=O)O)c5CC)n4)c32)ccc1C1CCN(C(=O)OCC2CC2)CC1.O=C(Cl)OCC1CC1. The minimum Gasteiger partial charge on any atom is -0.486 e. The first-order valence-corrected chi connectivity index (χ1v) is 20.0. The number of piperidine rings is 1. The van der Waals surface area contributed by atoms with Crippen LogP contribution in [0.3, 0.4) is 0 Å². The summed E-state index contributed by atoms with van der Waals surface area (Å²) in [6.07, 6.45) is 11.0. The first kappa shape index (κ1) is 38.4. The fraction of sp³-hybridized carbons (Fsp3) is 0.465. The number of ether oxygens (including phenoxy) is 3. The zero-order valence-corrected chi connectivity index (χ0v) is 32.3. The minimum atomic E-state index is -0.990. The molecule has 2 aromatic carbocycles. The van der Waals surface area contributed by atoms with Crippen molar-refractivity contribution in [3.05, 3.63) is 94.3 Å². The topological polar surface area (TPSA) is 133 Å². The average Bonchev–Trinajstić information content (AvgIpc) is 4.14. The first-order valence-electron chi connectivity index (χ1n) is 19.7. The van der Waals surface area contributed by atoms with Gasteiger partial charge in [0, 0.05) is 35.8 Å². The molecule has 0 bridgehead atoms. The van der Waals surface area contributed by atoms with E-state index in [4.69, 9.17) is 26.1 Å². The van der Waals surface area contributed by atoms with E-state index in [-0.39, 0.29) is 17.8 Å². The van der Waals surface area contributed by atoms with E-state index < -0.39 is 11.4 Å². The second-order valence-corrected chi connectivity index (χ2v) is 15.3. The monoisotopic (exact) mass is 768 g/mol. The van der Waals surface area contributed by atoms with Gasteiger partial charge in [-0.1, -0.05) is 44.2 Å². The van der Waals surface area contributed by atoms with Crippen LogP contribution in [0.15, 0.2) is 60.8 Å². The van der Waals surface area contributed by atoms with Gasteiger partial charge in [-0.15, -0.1) is 0 Å². The lowest BCUT2D eigenvalue weighted by molar-refractivity contribution is 0.0695. The number of pyridine rings is 1. The van der Waals surface area contributed by atoms with Crippen LogP contribution in [0.4, 0.5) is 9.59 Å². The maximum Gasteiger partial charge on any atom is 0.409 e. The molecule has 55 heavy (non-hydrogen) atoms. The Hall–Kier alpha value is -4.90. The number of rotatable bonds is 12. The van der Waals surface area contributed by atoms with E-state index in [1.807, 2.05) is 30.0 Å². The van der Waals surface area contributed by atoms with Crippen molar-refractivity contribution in [1.29, 1.82) is 0 Å². The molecule has 3 fully saturated rings. The van der Waals surface area contributed by atoms with Crippen molar-refractivity contribution < 1.29 is 33.7 Å². The van der Waals surface area contributed by atoms with Gasteiger partial charge in [0.25, 0.3) is 0 Å². The molecule has 4 aromatic rings. The van der Waals surface area contributed by atoms with E-state index in [0.717, 1.165) is 67.8 Å². The highest BCUT2D eigenvalue weighted by Gasteiger charge is 2.31. The molecule has 4 aliphatic rings. The highest BCUT2D eigenvalue weighted by molar-refractivity contribution is 6.61. The lowest BCUT2D eigenvalue weighted by atomic mass is 9.86. The van der Waals surface area contributed by atoms with Crippen LogP contribution in [0.5, 0.6) is 5.75 Å². The molecular formula is C43H49ClN4O7. The second kappa shape index (κ2) is 17.3. The largest absolute Gasteiger partial charge is 0.486 e. The molecule has 290 valence electrons. The zero-order chi connectivity index (χ0) is 38.5. The lowest BCUT2D eigenvalue weighted by Crippen LogP contribution is -2.38. The Morgan fingerprint density at radius 2 is 1.60 bits per heavy atom. The molecule has 2 aromatic heterocycles. The number of carbonyl (C=O) groups is 3. The summed E-state index contributed by atoms with van der Waals surface area (Å²) in [4.78, 5) is 41.0. The van der Waals surface area contributed by atoms with Crippen molar-refractivity contribution in [2.45, 2.75) is 90.1 Å². The number of aromatic nitrogens is 3. The van der Waals surface area contributed by atoms with Gasteiger partial charge in [0.2, 0.25) is 0 Å². The number of hydrogen-bond acceptors (Lipinski definition) is 8. The Morgan fingerprint density at radius 1 is 0.873 bits per heavy atom. The number of halogens is 1. The first-order chi connectivity index (χ1) is 26.7. The van der Waals surface area contributed by atoms with Crippen molar-refractivity contribution in [3.63, 3.8) is 0 Å². The summed E-state index contributed by atoms with van der Waals surface area (Å²) in [6, 6.07) is 18.7. The average molecular weight is 769 g/mol. The van der Waals surface area contributed by atoms with Crippen molar-refractivity contribution >= 4 is 29.1 Å². The Balaban J connectivity index is 0.000000518. The zero-order valence-electron chi connectivity index (χ0n) is 31.5. The summed E-state index contributed by atoms with van der Waals surface area (Å²) in [5, 5.41) is 14.0. The summed E-state index contributed by atoms with van der Waals surface area (Å²) < 4.78 is 18.4. The minimum absolute atomic E-state index is 0.110. The molecule has 1 atom stereocenters. The van der Waals surface area contributed by atoms with Gasteiger partial charge in [0.15, 0.2) is 5.82 Å². The predicted molar refractivity (Wildman–Crippen MR) is 208 cm³/mol. The number of amides is 1. The van der Waals surface area contributed by atoms with Crippen molar-refractivity contribution in [3.8, 4) is 22.8 Å². The summed E-state index contributed by atoms with van der Waals surface area (Å²) in [5.41, 5.74) is 7.02. The standard InChI is InChI=1S/C38H42N4O5.C5H7ClO2/c1-3-25-21-28(14-15-29(25)26-17-19-41(20-18-26)38(45)46-23-24-11-12-24)47-34-16-13-27-7-5-8-30(36(27)34)32-9-6-10-35(40-32)42-33(4-2)31(22-39-42)37(43)44;6-5(7)8-3-4-1-2-4/h5-10,14-15,21-22,24,26,34H,3-4,11-13,16-20,23H2,1-2H3,(H,43,44);4H,1-3H2/t34-;/m0./s1. The quantitative estimate of drug-likeness (QED) is 0.140. The van der Waals surface area contributed by atoms with Gasteiger partial charge in [-0.25, -0.2) is 24.0 Å². The molecule has 0 radical (unpaired) electrons. The molecule has 1 N–H and O–H groups in total. The number of carboxylic acids is 1. The van der Waals surface area contributed by atoms with Crippen LogP contribution in [0, 0.1) is 11.8 Å². The van der Waals surface area contributed by atoms with Crippen LogP contribution in [-0.4, -0.2) is 68.6 Å². The van der Waals surface area contributed by atoms with E-state index in [1.165, 1.54) is 48.6 Å². The normalized spacial score (nSPS) is 17.9. The number of aryl methyl sites for hydroxylation is 2. The molecule has 1 aliphatic heterocycles. The van der Waals surface area contributed by atoms with Gasteiger partial charge in [-0.3, -0.25) is 0 Å². The lowest BCUT2D eigenvalue weighted by Gasteiger charge is -2.32. The van der Waals surface area contributed by atoms with E-state index in [0.29, 0.717) is 48.9 Å². The van der Waals surface area contributed by atoms with Crippen LogP contribution < -0.4 is 4.74 Å². The fourth-order valence-corrected chi connectivity index (χ4v) is 7.76. The van der Waals surface area contributed by atoms with Gasteiger partial charge < -0.3 is 24.2 Å². The number of carbonyl (C=O) groups excluding carboxylic acids is 2. The van der Waals surface area contributed by atoms with E-state index in [2.05, 4.69) is 53.2 Å². The number of nitrogens with zero attached hydrogens (tertiary/aromatic N) is 4. The molecule has 0 spiro atoms. The number of fused-ring (bicyclic) bond motifs is 1. The number of hydrogen-bond donors (Lipinski definition) is 1. The third-order valence-corrected chi connectivity index (χ3v) is 11.2. The van der Waals surface area contributed by atoms with E-state index in [1.54, 1.807) is 4.68 Å². The van der Waals surface area contributed by atoms with E-state index in [9.17, 15) is 19.5 Å². The summed E-state index contributed by atoms with van der Waals surface area (Å²) in [6.45, 7) is 6.65. The van der Waals surface area contributed by atoms with Crippen LogP contribution >= 0.6 is 11.6 Å². The molecule has 12 heteroatoms. The Kier molecular flexibility index (Phi) is 12.1. The molecule has 0 unspecified atom stereocenters. The molecule has 3 aliphatic carbocycles. The number of likely N-dealkylation sites (tertiary alicyclic amines) is 1. The van der Waals surface area contributed by atoms with E-state index >= 15 is 0 Å². The van der Waals surface area contributed by atoms with Crippen LogP contribution in [0.1, 0.15) is 109 Å². The predicted octanol–water partition coefficient (Wildman–Crippen LogP) is 9.32. The molecule has 8 rings (SSSR count). The van der Waals surface area contributed by atoms with Gasteiger partial charge in [-0.05, 0) is 123 Å². The number of benzene rings is 2. The molecule has 1 amide bonds. The molecule has 2 saturated carbocycles. The highest BCUT2D eigenvalue weighted by Crippen LogP contribution is 2.42. The number of aromatic carboxylic acids is 1. The number of carboxylic acid groups (broad SMARTS) is 1. The second-order valence-electron chi connectivity index (χ2n) is 15.0. The van der Waals surface area contributed by atoms with Crippen LogP contribution in [0.25, 0.3) is 17.1 Å². The summed E-state index contributed by atoms with van der Waals surface area (Å²) in [7, 11) is 0. The Morgan fingerprint density at radius 3 is 2.27 bits per heavy atom. The molecule has 3 heterocycles. The Labute approximate surface area is 326 Å². The molecule has 1 saturated heterocycles.